The van der Waals surface area contributed by atoms with Crippen LogP contribution in [-0.2, 0) is 0 Å². The van der Waals surface area contributed by atoms with Crippen LogP contribution in [0.25, 0.3) is 0 Å². The number of benzene rings is 1. The predicted octanol–water partition coefficient (Wildman–Crippen LogP) is 0.843. The first-order chi connectivity index (χ1) is 5.20. The van der Waals surface area contributed by atoms with E-state index < -0.39 is 0 Å². The van der Waals surface area contributed by atoms with E-state index in [1.54, 1.807) is 24.3 Å². The molecule has 11 heavy (non-hydrogen) atoms. The minimum absolute atomic E-state index is 0.161. The number of phenols is 1. The van der Waals surface area contributed by atoms with Gasteiger partial charge >= 0.3 is 0 Å². The first-order valence-electron chi connectivity index (χ1n) is 3.25. The zero-order valence-corrected chi connectivity index (χ0v) is 6.23. The molecule has 0 amide bonds. The number of hydrogen-bond acceptors (Lipinski definition) is 2. The molecule has 0 aromatic heterocycles. The van der Waals surface area contributed by atoms with Gasteiger partial charge < -0.3 is 5.11 Å². The molecule has 0 saturated heterocycles. The summed E-state index contributed by atoms with van der Waals surface area (Å²) >= 11 is 0. The van der Waals surface area contributed by atoms with Crippen LogP contribution in [0.5, 0.6) is 5.75 Å². The van der Waals surface area contributed by atoms with Crippen molar-refractivity contribution in [3.63, 3.8) is 0 Å². The van der Waals surface area contributed by atoms with Crippen molar-refractivity contribution in [1.29, 1.82) is 0 Å². The topological polar surface area (TPSA) is 43.5 Å². The van der Waals surface area contributed by atoms with Gasteiger partial charge in [0.15, 0.2) is 7.05 Å². The molecule has 0 unspecified atom stereocenters. The maximum absolute atomic E-state index is 9.19. The number of nitrogens with zero attached hydrogens (tertiary/aromatic N) is 1. The highest BCUT2D eigenvalue weighted by atomic mass is 16.5. The van der Waals surface area contributed by atoms with Crippen LogP contribution in [0.2, 0.25) is 0 Å². The molecule has 1 rings (SSSR count). The standard InChI is InChI=1S/C8H9NO2/c1-9(11)6-7-4-2-3-5-8(7)10/h2-6,11H,1H3/p+1. The van der Waals surface area contributed by atoms with Crippen molar-refractivity contribution < 1.29 is 15.1 Å². The third-order valence-electron chi connectivity index (χ3n) is 1.26. The molecule has 1 aromatic carbocycles. The fourth-order valence-corrected chi connectivity index (χ4v) is 0.798. The van der Waals surface area contributed by atoms with E-state index in [1.807, 2.05) is 0 Å². The van der Waals surface area contributed by atoms with Crippen LogP contribution < -0.4 is 0 Å². The van der Waals surface area contributed by atoms with E-state index >= 15 is 0 Å². The van der Waals surface area contributed by atoms with Crippen molar-refractivity contribution in [3.8, 4) is 5.75 Å². The molecule has 1 aromatic rings. The summed E-state index contributed by atoms with van der Waals surface area (Å²) in [5.74, 6) is 0.161. The van der Waals surface area contributed by atoms with Crippen molar-refractivity contribution >= 4 is 6.21 Å². The Bertz CT molecular complexity index is 277. The van der Waals surface area contributed by atoms with Gasteiger partial charge in [-0.05, 0) is 16.9 Å². The maximum Gasteiger partial charge on any atom is 0.226 e. The normalized spacial score (nSPS) is 11.5. The van der Waals surface area contributed by atoms with Crippen LogP contribution in [-0.4, -0.2) is 28.3 Å². The van der Waals surface area contributed by atoms with Crippen LogP contribution in [0.15, 0.2) is 24.3 Å². The zero-order chi connectivity index (χ0) is 8.27. The number of para-hydroxylation sites is 1. The van der Waals surface area contributed by atoms with E-state index in [1.165, 1.54) is 13.3 Å². The summed E-state index contributed by atoms with van der Waals surface area (Å²) in [5, 5.41) is 18.0. The molecule has 0 aliphatic rings. The molecule has 0 fully saturated rings. The van der Waals surface area contributed by atoms with Gasteiger partial charge in [0, 0.05) is 0 Å². The molecule has 3 heteroatoms. The summed E-state index contributed by atoms with van der Waals surface area (Å²) in [4.78, 5) is 0. The van der Waals surface area contributed by atoms with Crippen molar-refractivity contribution in [2.24, 2.45) is 0 Å². The molecule has 0 heterocycles. The average Bonchev–Trinajstić information content (AvgIpc) is 1.93. The predicted molar refractivity (Wildman–Crippen MR) is 41.2 cm³/mol. The number of phenolic OH excluding ortho intramolecular Hbond substituents is 1. The lowest BCUT2D eigenvalue weighted by Crippen LogP contribution is -2.00. The fourth-order valence-electron chi connectivity index (χ4n) is 0.798. The summed E-state index contributed by atoms with van der Waals surface area (Å²) in [6.45, 7) is 0. The van der Waals surface area contributed by atoms with Gasteiger partial charge in [0.2, 0.25) is 6.21 Å². The summed E-state index contributed by atoms with van der Waals surface area (Å²) in [6.07, 6.45) is 1.43. The molecule has 0 spiro atoms. The van der Waals surface area contributed by atoms with Crippen LogP contribution in [0.4, 0.5) is 0 Å². The summed E-state index contributed by atoms with van der Waals surface area (Å²) in [7, 11) is 1.48. The molecular weight excluding hydrogens is 142 g/mol. The Morgan fingerprint density at radius 1 is 1.36 bits per heavy atom. The number of aromatic hydroxyl groups is 1. The maximum atomic E-state index is 9.19. The van der Waals surface area contributed by atoms with Gasteiger partial charge in [-0.25, -0.2) is 0 Å². The largest absolute Gasteiger partial charge is 0.507 e. The van der Waals surface area contributed by atoms with E-state index in [0.29, 0.717) is 5.56 Å². The first kappa shape index (κ1) is 7.60. The quantitative estimate of drug-likeness (QED) is 0.271. The lowest BCUT2D eigenvalue weighted by atomic mass is 10.2. The fraction of sp³-hybridized carbons (Fsp3) is 0.125. The van der Waals surface area contributed by atoms with Gasteiger partial charge in [-0.1, -0.05) is 12.1 Å². The Morgan fingerprint density at radius 2 is 2.00 bits per heavy atom. The van der Waals surface area contributed by atoms with E-state index in [4.69, 9.17) is 5.21 Å². The highest BCUT2D eigenvalue weighted by Crippen LogP contribution is 2.12. The molecule has 3 nitrogen and oxygen atoms in total. The lowest BCUT2D eigenvalue weighted by molar-refractivity contribution is -0.751. The second-order valence-corrected chi connectivity index (χ2v) is 2.26. The molecule has 0 aliphatic heterocycles. The van der Waals surface area contributed by atoms with Crippen LogP contribution in [0.3, 0.4) is 0 Å². The van der Waals surface area contributed by atoms with Crippen LogP contribution in [0, 0.1) is 0 Å². The monoisotopic (exact) mass is 152 g/mol. The molecule has 2 N–H and O–H groups in total. The highest BCUT2D eigenvalue weighted by molar-refractivity contribution is 5.79. The SMILES string of the molecule is C/[N+](O)=C/c1ccccc1O. The summed E-state index contributed by atoms with van der Waals surface area (Å²) in [6, 6.07) is 6.79. The molecule has 0 saturated carbocycles. The smallest absolute Gasteiger partial charge is 0.226 e. The Kier molecular flexibility index (Phi) is 2.11. The summed E-state index contributed by atoms with van der Waals surface area (Å²) in [5.41, 5.74) is 0.595. The van der Waals surface area contributed by atoms with Crippen molar-refractivity contribution in [3.05, 3.63) is 29.8 Å². The Labute approximate surface area is 64.8 Å². The van der Waals surface area contributed by atoms with Gasteiger partial charge in [0.05, 0.1) is 5.56 Å². The van der Waals surface area contributed by atoms with Gasteiger partial charge in [-0.2, -0.15) is 0 Å². The van der Waals surface area contributed by atoms with Gasteiger partial charge in [0.1, 0.15) is 5.75 Å². The molecule has 0 radical (unpaired) electrons. The van der Waals surface area contributed by atoms with Crippen LogP contribution >= 0.6 is 0 Å². The molecule has 0 atom stereocenters. The third-order valence-corrected chi connectivity index (χ3v) is 1.26. The van der Waals surface area contributed by atoms with E-state index in [0.717, 1.165) is 4.74 Å². The van der Waals surface area contributed by atoms with Crippen molar-refractivity contribution in [1.82, 2.24) is 0 Å². The van der Waals surface area contributed by atoms with Gasteiger partial charge in [0.25, 0.3) is 0 Å². The number of rotatable bonds is 1. The Balaban J connectivity index is 3.04. The molecule has 58 valence electrons. The Morgan fingerprint density at radius 3 is 2.55 bits per heavy atom. The molecular formula is C8H10NO2+. The second-order valence-electron chi connectivity index (χ2n) is 2.26. The number of hydrogen-bond donors (Lipinski definition) is 2. The zero-order valence-electron chi connectivity index (χ0n) is 6.23. The average molecular weight is 152 g/mol. The minimum atomic E-state index is 0.161. The first-order valence-corrected chi connectivity index (χ1v) is 3.25. The van der Waals surface area contributed by atoms with E-state index in [9.17, 15) is 5.11 Å². The second kappa shape index (κ2) is 3.05. The Hall–Kier alpha value is -1.51. The van der Waals surface area contributed by atoms with Crippen molar-refractivity contribution in [2.45, 2.75) is 0 Å². The third kappa shape index (κ3) is 1.97. The van der Waals surface area contributed by atoms with Gasteiger partial charge in [-0.15, -0.1) is 0 Å². The minimum Gasteiger partial charge on any atom is -0.507 e. The van der Waals surface area contributed by atoms with E-state index in [2.05, 4.69) is 0 Å². The van der Waals surface area contributed by atoms with Crippen LogP contribution in [0.1, 0.15) is 5.56 Å². The molecule has 0 aliphatic carbocycles. The highest BCUT2D eigenvalue weighted by Gasteiger charge is 1.99. The van der Waals surface area contributed by atoms with Gasteiger partial charge in [-0.3, -0.25) is 5.21 Å². The van der Waals surface area contributed by atoms with E-state index in [-0.39, 0.29) is 5.75 Å². The number of hydroxylamine groups is 1. The summed E-state index contributed by atoms with van der Waals surface area (Å²) < 4.78 is 0.898. The molecule has 0 bridgehead atoms. The van der Waals surface area contributed by atoms with Crippen molar-refractivity contribution in [2.75, 3.05) is 7.05 Å². The lowest BCUT2D eigenvalue weighted by Gasteiger charge is -1.92.